The van der Waals surface area contributed by atoms with Crippen molar-refractivity contribution < 1.29 is 17.9 Å². The van der Waals surface area contributed by atoms with E-state index in [0.717, 1.165) is 18.6 Å². The fraction of sp³-hybridized carbons (Fsp3) is 0.111. The fourth-order valence-electron chi connectivity index (χ4n) is 1.38. The monoisotopic (exact) mass is 240 g/mol. The van der Waals surface area contributed by atoms with Crippen LogP contribution < -0.4 is 9.46 Å². The highest BCUT2D eigenvalue weighted by atomic mass is 32.2. The van der Waals surface area contributed by atoms with Crippen molar-refractivity contribution in [3.63, 3.8) is 0 Å². The second-order valence-electron chi connectivity index (χ2n) is 3.37. The van der Waals surface area contributed by atoms with Crippen LogP contribution in [-0.2, 0) is 9.84 Å². The molecule has 2 rings (SSSR count). The van der Waals surface area contributed by atoms with Gasteiger partial charge in [0.2, 0.25) is 12.4 Å². The lowest BCUT2D eigenvalue weighted by Crippen LogP contribution is -2.36. The van der Waals surface area contributed by atoms with E-state index in [1.165, 1.54) is 18.2 Å². The van der Waals surface area contributed by atoms with Crippen LogP contribution in [0.5, 0.6) is 0 Å². The largest absolute Gasteiger partial charge is 0.618 e. The minimum Gasteiger partial charge on any atom is -0.618 e. The van der Waals surface area contributed by atoms with Gasteiger partial charge in [-0.2, -0.15) is 9.46 Å². The van der Waals surface area contributed by atoms with Crippen molar-refractivity contribution in [3.05, 3.63) is 41.0 Å². The van der Waals surface area contributed by atoms with E-state index in [1.807, 2.05) is 0 Å². The molecule has 0 amide bonds. The Morgan fingerprint density at radius 3 is 2.19 bits per heavy atom. The van der Waals surface area contributed by atoms with Crippen molar-refractivity contribution in [2.45, 2.75) is 4.90 Å². The van der Waals surface area contributed by atoms with Gasteiger partial charge in [0, 0.05) is 18.4 Å². The molecule has 0 unspecified atom stereocenters. The first-order valence-corrected chi connectivity index (χ1v) is 6.24. The highest BCUT2D eigenvalue weighted by molar-refractivity contribution is 7.90. The lowest BCUT2D eigenvalue weighted by Gasteiger charge is -2.03. The summed E-state index contributed by atoms with van der Waals surface area (Å²) in [6.45, 7) is 0. The standard InChI is InChI=1S/C9H8N2O4S/c1-16(14,15)7-2-3-8-9(6-7)11(13)5-4-10(8)12/h2-6H,1H3. The fourth-order valence-corrected chi connectivity index (χ4v) is 2.02. The van der Waals surface area contributed by atoms with E-state index in [0.29, 0.717) is 9.46 Å². The first kappa shape index (κ1) is 10.6. The third-order valence-electron chi connectivity index (χ3n) is 2.19. The molecule has 1 aromatic carbocycles. The van der Waals surface area contributed by atoms with Gasteiger partial charge in [-0.05, 0) is 6.07 Å². The third-order valence-corrected chi connectivity index (χ3v) is 3.30. The van der Waals surface area contributed by atoms with Crippen molar-refractivity contribution in [1.82, 2.24) is 0 Å². The molecular weight excluding hydrogens is 232 g/mol. The molecule has 1 heterocycles. The van der Waals surface area contributed by atoms with E-state index in [4.69, 9.17) is 0 Å². The maximum absolute atomic E-state index is 11.4. The molecular formula is C9H8N2O4S. The molecule has 0 bridgehead atoms. The predicted molar refractivity (Wildman–Crippen MR) is 55.0 cm³/mol. The van der Waals surface area contributed by atoms with E-state index >= 15 is 0 Å². The summed E-state index contributed by atoms with van der Waals surface area (Å²) < 4.78 is 23.5. The van der Waals surface area contributed by atoms with Crippen LogP contribution in [0.1, 0.15) is 0 Å². The van der Waals surface area contributed by atoms with Crippen LogP contribution in [0.3, 0.4) is 0 Å². The number of hydrogen-bond acceptors (Lipinski definition) is 4. The first-order valence-electron chi connectivity index (χ1n) is 4.35. The molecule has 84 valence electrons. The summed E-state index contributed by atoms with van der Waals surface area (Å²) in [5.41, 5.74) is 0.158. The van der Waals surface area contributed by atoms with Crippen LogP contribution in [0, 0.1) is 10.4 Å². The summed E-state index contributed by atoms with van der Waals surface area (Å²) in [5, 5.41) is 22.7. The van der Waals surface area contributed by atoms with Gasteiger partial charge in [0.1, 0.15) is 0 Å². The summed E-state index contributed by atoms with van der Waals surface area (Å²) in [7, 11) is -3.39. The van der Waals surface area contributed by atoms with Gasteiger partial charge >= 0.3 is 0 Å². The minimum absolute atomic E-state index is 0.0100. The zero-order valence-corrected chi connectivity index (χ0v) is 9.14. The van der Waals surface area contributed by atoms with Crippen molar-refractivity contribution in [2.24, 2.45) is 0 Å². The Morgan fingerprint density at radius 2 is 1.62 bits per heavy atom. The molecule has 0 aliphatic carbocycles. The molecule has 0 fully saturated rings. The second-order valence-corrected chi connectivity index (χ2v) is 5.39. The number of benzene rings is 1. The normalized spacial score (nSPS) is 11.8. The molecule has 0 aliphatic rings. The van der Waals surface area contributed by atoms with Crippen LogP contribution in [-0.4, -0.2) is 14.7 Å². The Hall–Kier alpha value is -1.89. The lowest BCUT2D eigenvalue weighted by molar-refractivity contribution is -0.628. The average molecular weight is 240 g/mol. The van der Waals surface area contributed by atoms with Crippen molar-refractivity contribution >= 4 is 20.9 Å². The minimum atomic E-state index is -3.39. The van der Waals surface area contributed by atoms with Crippen LogP contribution in [0.25, 0.3) is 11.0 Å². The van der Waals surface area contributed by atoms with Gasteiger partial charge < -0.3 is 10.4 Å². The van der Waals surface area contributed by atoms with Crippen LogP contribution >= 0.6 is 0 Å². The van der Waals surface area contributed by atoms with E-state index in [2.05, 4.69) is 0 Å². The summed E-state index contributed by atoms with van der Waals surface area (Å²) in [5.74, 6) is 0. The van der Waals surface area contributed by atoms with E-state index in [-0.39, 0.29) is 15.9 Å². The van der Waals surface area contributed by atoms with E-state index < -0.39 is 9.84 Å². The summed E-state index contributed by atoms with van der Waals surface area (Å²) in [4.78, 5) is 0.0100. The molecule has 7 heteroatoms. The highest BCUT2D eigenvalue weighted by Crippen LogP contribution is 2.13. The molecule has 0 radical (unpaired) electrons. The Morgan fingerprint density at radius 1 is 1.06 bits per heavy atom. The van der Waals surface area contributed by atoms with Crippen LogP contribution in [0.4, 0.5) is 0 Å². The van der Waals surface area contributed by atoms with E-state index in [9.17, 15) is 18.8 Å². The zero-order valence-electron chi connectivity index (χ0n) is 8.32. The van der Waals surface area contributed by atoms with Crippen LogP contribution in [0.15, 0.2) is 35.5 Å². The van der Waals surface area contributed by atoms with Gasteiger partial charge in [-0.15, -0.1) is 0 Å². The second kappa shape index (κ2) is 3.31. The molecule has 0 N–H and O–H groups in total. The average Bonchev–Trinajstić information content (AvgIpc) is 2.22. The number of fused-ring (bicyclic) bond motifs is 1. The maximum atomic E-state index is 11.4. The topological polar surface area (TPSA) is 88.0 Å². The maximum Gasteiger partial charge on any atom is 0.291 e. The molecule has 1 aromatic heterocycles. The summed E-state index contributed by atoms with van der Waals surface area (Å²) >= 11 is 0. The van der Waals surface area contributed by atoms with Crippen molar-refractivity contribution in [3.8, 4) is 0 Å². The van der Waals surface area contributed by atoms with Crippen LogP contribution in [0.2, 0.25) is 0 Å². The quantitative estimate of drug-likeness (QED) is 0.497. The smallest absolute Gasteiger partial charge is 0.291 e. The van der Waals surface area contributed by atoms with Gasteiger partial charge in [0.25, 0.3) is 11.0 Å². The molecule has 0 saturated carbocycles. The van der Waals surface area contributed by atoms with Gasteiger partial charge in [0.05, 0.1) is 4.90 Å². The van der Waals surface area contributed by atoms with E-state index in [1.54, 1.807) is 0 Å². The lowest BCUT2D eigenvalue weighted by atomic mass is 10.3. The Bertz CT molecular complexity index is 667. The number of nitrogens with zero attached hydrogens (tertiary/aromatic N) is 2. The SMILES string of the molecule is CS(=O)(=O)c1ccc2c(c1)[n+]([O-])cc[n+]2[O-]. The number of aromatic nitrogens is 2. The molecule has 6 nitrogen and oxygen atoms in total. The highest BCUT2D eigenvalue weighted by Gasteiger charge is 2.16. The zero-order chi connectivity index (χ0) is 11.9. The van der Waals surface area contributed by atoms with Gasteiger partial charge in [-0.25, -0.2) is 8.42 Å². The molecule has 0 saturated heterocycles. The Balaban J connectivity index is 2.86. The predicted octanol–water partition coefficient (Wildman–Crippen LogP) is -0.490. The number of hydrogen-bond donors (Lipinski definition) is 0. The summed E-state index contributed by atoms with van der Waals surface area (Å²) in [6.07, 6.45) is 3.13. The Kier molecular flexibility index (Phi) is 2.20. The molecule has 16 heavy (non-hydrogen) atoms. The molecule has 0 aliphatic heterocycles. The first-order chi connectivity index (χ1) is 7.39. The number of rotatable bonds is 1. The molecule has 2 aromatic rings. The Labute approximate surface area is 91.5 Å². The number of sulfone groups is 1. The van der Waals surface area contributed by atoms with Gasteiger partial charge in [-0.3, -0.25) is 0 Å². The summed E-state index contributed by atoms with van der Waals surface area (Å²) in [6, 6.07) is 3.80. The molecule has 0 spiro atoms. The van der Waals surface area contributed by atoms with Crippen molar-refractivity contribution in [1.29, 1.82) is 0 Å². The van der Waals surface area contributed by atoms with Gasteiger partial charge in [-0.1, -0.05) is 0 Å². The molecule has 0 atom stereocenters. The third kappa shape index (κ3) is 1.65. The van der Waals surface area contributed by atoms with Gasteiger partial charge in [0.15, 0.2) is 9.84 Å². The van der Waals surface area contributed by atoms with Crippen molar-refractivity contribution in [2.75, 3.05) is 6.26 Å².